The molecular weight excluding hydrogens is 545 g/mol. The molecule has 0 unspecified atom stereocenters. The summed E-state index contributed by atoms with van der Waals surface area (Å²) in [4.78, 5) is 36.5. The fourth-order valence-corrected chi connectivity index (χ4v) is 4.81. The lowest BCUT2D eigenvalue weighted by Gasteiger charge is -2.35. The number of likely N-dealkylation sites (tertiary alicyclic amines) is 1. The molecule has 0 saturated carbocycles. The molecule has 0 bridgehead atoms. The number of carbonyl (C=O) groups excluding carboxylic acids is 2. The molecule has 0 atom stereocenters. The van der Waals surface area contributed by atoms with Gasteiger partial charge in [-0.1, -0.05) is 18.1 Å². The zero-order chi connectivity index (χ0) is 30.4. The average Bonchev–Trinajstić information content (AvgIpc) is 2.93. The predicted octanol–water partition coefficient (Wildman–Crippen LogP) is 4.01. The number of piperidine rings is 1. The number of rotatable bonds is 7. The first-order valence-electron chi connectivity index (χ1n) is 13.5. The van der Waals surface area contributed by atoms with Crippen molar-refractivity contribution in [1.29, 1.82) is 0 Å². The van der Waals surface area contributed by atoms with E-state index in [9.17, 15) is 22.8 Å². The lowest BCUT2D eigenvalue weighted by molar-refractivity contribution is -0.138. The second-order valence-electron chi connectivity index (χ2n) is 10.6. The van der Waals surface area contributed by atoms with Crippen LogP contribution in [0.1, 0.15) is 56.8 Å². The number of aromatic nitrogens is 2. The first-order valence-corrected chi connectivity index (χ1v) is 13.5. The molecule has 2 heterocycles. The van der Waals surface area contributed by atoms with Crippen LogP contribution in [0.25, 0.3) is 0 Å². The van der Waals surface area contributed by atoms with Gasteiger partial charge in [0.05, 0.1) is 30.1 Å². The van der Waals surface area contributed by atoms with Crippen LogP contribution in [-0.4, -0.2) is 64.8 Å². The zero-order valence-corrected chi connectivity index (χ0v) is 23.8. The number of primary amides is 1. The van der Waals surface area contributed by atoms with Gasteiger partial charge in [0.1, 0.15) is 5.69 Å². The number of halogens is 3. The van der Waals surface area contributed by atoms with Crippen molar-refractivity contribution in [3.8, 4) is 11.8 Å². The Labute approximate surface area is 243 Å². The number of nitrogens with one attached hydrogen (secondary N) is 1. The quantitative estimate of drug-likeness (QED) is 0.411. The van der Waals surface area contributed by atoms with Crippen molar-refractivity contribution in [2.45, 2.75) is 44.9 Å². The molecule has 1 aliphatic heterocycles. The highest BCUT2D eigenvalue weighted by Crippen LogP contribution is 2.35. The molecule has 0 aliphatic carbocycles. The number of alkyl halides is 3. The Balaban J connectivity index is 1.48. The van der Waals surface area contributed by atoms with Crippen molar-refractivity contribution in [3.63, 3.8) is 0 Å². The molecule has 3 aromatic rings. The Morgan fingerprint density at radius 1 is 1.07 bits per heavy atom. The lowest BCUT2D eigenvalue weighted by Crippen LogP contribution is -2.41. The summed E-state index contributed by atoms with van der Waals surface area (Å²) < 4.78 is 42.1. The van der Waals surface area contributed by atoms with E-state index in [0.717, 1.165) is 37.6 Å². The highest BCUT2D eigenvalue weighted by atomic mass is 19.4. The lowest BCUT2D eigenvalue weighted by atomic mass is 10.0. The highest BCUT2D eigenvalue weighted by molar-refractivity contribution is 6.04. The first kappa shape index (κ1) is 30.7. The molecule has 8 nitrogen and oxygen atoms in total. The molecule has 1 fully saturated rings. The fraction of sp³-hybridized carbons (Fsp3) is 0.355. The van der Waals surface area contributed by atoms with E-state index in [2.05, 4.69) is 32.0 Å². The van der Waals surface area contributed by atoms with Gasteiger partial charge in [0.2, 0.25) is 5.91 Å². The van der Waals surface area contributed by atoms with Crippen molar-refractivity contribution in [3.05, 3.63) is 88.0 Å². The molecule has 1 saturated heterocycles. The van der Waals surface area contributed by atoms with Gasteiger partial charge < -0.3 is 16.0 Å². The van der Waals surface area contributed by atoms with Crippen molar-refractivity contribution < 1.29 is 22.8 Å². The van der Waals surface area contributed by atoms with Crippen LogP contribution in [-0.2, 0) is 23.9 Å². The van der Waals surface area contributed by atoms with E-state index in [4.69, 9.17) is 5.73 Å². The molecule has 11 heteroatoms. The maximum absolute atomic E-state index is 14.0. The molecule has 4 rings (SSSR count). The standard InChI is InChI=1S/C31H33F3N6O2/c1-20-4-5-22(14-21(20)6-9-25-17-37-26(18-36-25)16-29(35)41)30(42)38-24-8-7-23(28(15-24)31(32,33)34)19-40-12-10-27(11-13-40)39(2)3/h4-5,7-8,14-15,17-18,27H,10-13,16,19H2,1-3H3,(H2,35,41)(H,38,42). The minimum absolute atomic E-state index is 0.0277. The van der Waals surface area contributed by atoms with Crippen LogP contribution in [0.2, 0.25) is 0 Å². The number of hydrogen-bond donors (Lipinski definition) is 2. The van der Waals surface area contributed by atoms with Crippen LogP contribution >= 0.6 is 0 Å². The van der Waals surface area contributed by atoms with Crippen molar-refractivity contribution in [2.24, 2.45) is 5.73 Å². The van der Waals surface area contributed by atoms with Gasteiger partial charge in [0.25, 0.3) is 5.91 Å². The minimum atomic E-state index is -4.56. The maximum Gasteiger partial charge on any atom is 0.416 e. The summed E-state index contributed by atoms with van der Waals surface area (Å²) in [6, 6.07) is 9.25. The van der Waals surface area contributed by atoms with E-state index in [-0.39, 0.29) is 29.8 Å². The number of aryl methyl sites for hydroxylation is 1. The molecular formula is C31H33F3N6O2. The summed E-state index contributed by atoms with van der Waals surface area (Å²) in [5.74, 6) is 4.75. The summed E-state index contributed by atoms with van der Waals surface area (Å²) >= 11 is 0. The van der Waals surface area contributed by atoms with E-state index >= 15 is 0 Å². The van der Waals surface area contributed by atoms with Crippen LogP contribution < -0.4 is 11.1 Å². The Bertz CT molecular complexity index is 1500. The molecule has 1 aromatic heterocycles. The van der Waals surface area contributed by atoms with Crippen molar-refractivity contribution >= 4 is 17.5 Å². The number of carbonyl (C=O) groups is 2. The number of benzene rings is 2. The van der Waals surface area contributed by atoms with E-state index in [0.29, 0.717) is 23.0 Å². The van der Waals surface area contributed by atoms with Gasteiger partial charge in [-0.05, 0) is 88.3 Å². The van der Waals surface area contributed by atoms with Gasteiger partial charge in [0, 0.05) is 29.4 Å². The molecule has 2 aromatic carbocycles. The number of amides is 2. The second kappa shape index (κ2) is 13.1. The Kier molecular flexibility index (Phi) is 9.60. The minimum Gasteiger partial charge on any atom is -0.369 e. The van der Waals surface area contributed by atoms with Crippen LogP contribution in [0.15, 0.2) is 48.8 Å². The van der Waals surface area contributed by atoms with E-state index in [1.54, 1.807) is 18.2 Å². The first-order chi connectivity index (χ1) is 19.9. The van der Waals surface area contributed by atoms with Crippen LogP contribution in [0.5, 0.6) is 0 Å². The average molecular weight is 579 g/mol. The van der Waals surface area contributed by atoms with Gasteiger partial charge >= 0.3 is 6.18 Å². The summed E-state index contributed by atoms with van der Waals surface area (Å²) in [6.07, 6.45) is 0.0551. The van der Waals surface area contributed by atoms with Crippen molar-refractivity contribution in [1.82, 2.24) is 19.8 Å². The van der Waals surface area contributed by atoms with Gasteiger partial charge in [-0.25, -0.2) is 4.98 Å². The number of hydrogen-bond acceptors (Lipinski definition) is 6. The van der Waals surface area contributed by atoms with E-state index < -0.39 is 23.6 Å². The SMILES string of the molecule is Cc1ccc(C(=O)Nc2ccc(CN3CCC(N(C)C)CC3)c(C(F)(F)F)c2)cc1C#Cc1cnc(CC(N)=O)cn1. The van der Waals surface area contributed by atoms with E-state index in [1.807, 2.05) is 25.9 Å². The van der Waals surface area contributed by atoms with Gasteiger partial charge in [-0.2, -0.15) is 13.2 Å². The number of nitrogens with zero attached hydrogens (tertiary/aromatic N) is 4. The molecule has 42 heavy (non-hydrogen) atoms. The summed E-state index contributed by atoms with van der Waals surface area (Å²) in [5.41, 5.74) is 7.03. The number of anilines is 1. The maximum atomic E-state index is 14.0. The third-order valence-corrected chi connectivity index (χ3v) is 7.24. The molecule has 3 N–H and O–H groups in total. The van der Waals surface area contributed by atoms with E-state index in [1.165, 1.54) is 24.5 Å². The molecule has 2 amide bonds. The largest absolute Gasteiger partial charge is 0.416 e. The normalized spacial score (nSPS) is 14.4. The molecule has 220 valence electrons. The number of nitrogens with two attached hydrogens (primary N) is 1. The predicted molar refractivity (Wildman–Crippen MR) is 153 cm³/mol. The van der Waals surface area contributed by atoms with Crippen molar-refractivity contribution in [2.75, 3.05) is 32.5 Å². The second-order valence-corrected chi connectivity index (χ2v) is 10.6. The Hall–Kier alpha value is -4.27. The smallest absolute Gasteiger partial charge is 0.369 e. The Morgan fingerprint density at radius 2 is 1.81 bits per heavy atom. The van der Waals surface area contributed by atoms with Gasteiger partial charge in [-0.15, -0.1) is 0 Å². The van der Waals surface area contributed by atoms with Gasteiger partial charge in [-0.3, -0.25) is 19.5 Å². The van der Waals surface area contributed by atoms with Crippen LogP contribution in [0.3, 0.4) is 0 Å². The monoisotopic (exact) mass is 578 g/mol. The summed E-state index contributed by atoms with van der Waals surface area (Å²) in [5, 5.41) is 2.60. The summed E-state index contributed by atoms with van der Waals surface area (Å²) in [7, 11) is 4.04. The Morgan fingerprint density at radius 3 is 2.43 bits per heavy atom. The molecule has 0 radical (unpaired) electrons. The fourth-order valence-electron chi connectivity index (χ4n) is 4.81. The third kappa shape index (κ3) is 8.15. The van der Waals surface area contributed by atoms with Gasteiger partial charge in [0.15, 0.2) is 0 Å². The summed E-state index contributed by atoms with van der Waals surface area (Å²) in [6.45, 7) is 3.47. The topological polar surface area (TPSA) is 104 Å². The zero-order valence-electron chi connectivity index (χ0n) is 23.8. The molecule has 0 spiro atoms. The molecule has 1 aliphatic rings. The van der Waals surface area contributed by atoms with Crippen LogP contribution in [0, 0.1) is 18.8 Å². The highest BCUT2D eigenvalue weighted by Gasteiger charge is 2.34. The third-order valence-electron chi connectivity index (χ3n) is 7.24. The van der Waals surface area contributed by atoms with Crippen LogP contribution in [0.4, 0.5) is 18.9 Å².